The van der Waals surface area contributed by atoms with Crippen LogP contribution in [0.4, 0.5) is 11.5 Å². The van der Waals surface area contributed by atoms with Gasteiger partial charge in [0.2, 0.25) is 12.7 Å². The minimum Gasteiger partial charge on any atom is -0.388 e. The summed E-state index contributed by atoms with van der Waals surface area (Å²) in [7, 11) is -8.92. The molecule has 0 spiro atoms. The highest BCUT2D eigenvalue weighted by Crippen LogP contribution is 2.55. The van der Waals surface area contributed by atoms with Crippen LogP contribution in [0.25, 0.3) is 21.9 Å². The smallest absolute Gasteiger partial charge is 0.335 e. The van der Waals surface area contributed by atoms with Crippen LogP contribution in [0.5, 0.6) is 0 Å². The number of aliphatic hydroxyl groups excluding tert-OH is 2. The number of benzene rings is 2. The second-order valence-electron chi connectivity index (χ2n) is 9.96. The lowest BCUT2D eigenvalue weighted by atomic mass is 10.0. The summed E-state index contributed by atoms with van der Waals surface area (Å²) in [6.07, 6.45) is -4.56. The number of rotatable bonds is 8. The number of imidazole rings is 1. The lowest BCUT2D eigenvalue weighted by Crippen LogP contribution is -2.32. The maximum Gasteiger partial charge on any atom is 0.335 e. The van der Waals surface area contributed by atoms with Crippen molar-refractivity contribution in [3.05, 3.63) is 53.1 Å². The van der Waals surface area contributed by atoms with Crippen molar-refractivity contribution in [2.24, 2.45) is 0 Å². The molecular weight excluding hydrogens is 584 g/mol. The molecule has 3 heterocycles. The first kappa shape index (κ1) is 29.1. The van der Waals surface area contributed by atoms with Crippen molar-refractivity contribution in [2.75, 3.05) is 17.4 Å². The standard InChI is InChI=1S/C24H28ClN5O8P2/c1-12-3-4-13(2)16-9-14(5-6-15(12)16)27-21-18-22(29-24(25)28-21)30(10-26-18)23-20(32)19(31)17(38-23)7-8-39(33,34)11-40(35,36)37/h3-6,9-10,17,19-20,23,31-32H,7-8,11H2,1-2H3,(H,33,34)(H,27,28,29)(H2,35,36,37). The van der Waals surface area contributed by atoms with Crippen LogP contribution in [0.2, 0.25) is 5.28 Å². The van der Waals surface area contributed by atoms with Crippen LogP contribution in [-0.4, -0.2) is 74.8 Å². The number of fused-ring (bicyclic) bond motifs is 2. The quantitative estimate of drug-likeness (QED) is 0.125. The molecule has 0 amide bonds. The van der Waals surface area contributed by atoms with Gasteiger partial charge in [-0.3, -0.25) is 13.7 Å². The molecule has 0 bridgehead atoms. The third-order valence-electron chi connectivity index (χ3n) is 6.89. The molecule has 2 aromatic carbocycles. The average Bonchev–Trinajstić information content (AvgIpc) is 3.39. The molecule has 214 valence electrons. The van der Waals surface area contributed by atoms with Crippen LogP contribution in [-0.2, 0) is 13.9 Å². The van der Waals surface area contributed by atoms with E-state index in [2.05, 4.69) is 32.4 Å². The molecule has 5 atom stereocenters. The molecule has 4 aromatic rings. The summed E-state index contributed by atoms with van der Waals surface area (Å²) >= 11 is 6.23. The van der Waals surface area contributed by atoms with Crippen LogP contribution < -0.4 is 5.32 Å². The summed E-state index contributed by atoms with van der Waals surface area (Å²) in [6, 6.07) is 10.0. The molecule has 0 aliphatic carbocycles. The van der Waals surface area contributed by atoms with E-state index in [0.29, 0.717) is 11.3 Å². The number of anilines is 2. The van der Waals surface area contributed by atoms with Gasteiger partial charge < -0.3 is 34.9 Å². The fourth-order valence-electron chi connectivity index (χ4n) is 4.91. The molecular formula is C24H28ClN5O8P2. The molecule has 0 saturated carbocycles. The van der Waals surface area contributed by atoms with Crippen molar-refractivity contribution in [1.29, 1.82) is 0 Å². The normalized spacial score (nSPS) is 23.1. The van der Waals surface area contributed by atoms with Crippen molar-refractivity contribution in [1.82, 2.24) is 19.5 Å². The molecule has 1 fully saturated rings. The maximum absolute atomic E-state index is 12.2. The monoisotopic (exact) mass is 611 g/mol. The van der Waals surface area contributed by atoms with Crippen molar-refractivity contribution >= 4 is 60.0 Å². The number of hydrogen-bond acceptors (Lipinski definition) is 9. The number of nitrogens with one attached hydrogen (secondary N) is 1. The Bertz CT molecular complexity index is 1700. The van der Waals surface area contributed by atoms with E-state index in [-0.39, 0.29) is 17.4 Å². The van der Waals surface area contributed by atoms with E-state index in [1.165, 1.54) is 10.9 Å². The van der Waals surface area contributed by atoms with Gasteiger partial charge in [0.25, 0.3) is 0 Å². The minimum atomic E-state index is -4.72. The van der Waals surface area contributed by atoms with Crippen LogP contribution >= 0.6 is 26.6 Å². The molecule has 16 heteroatoms. The Balaban J connectivity index is 1.41. The lowest BCUT2D eigenvalue weighted by molar-refractivity contribution is -0.0354. The van der Waals surface area contributed by atoms with Gasteiger partial charge in [-0.25, -0.2) is 4.98 Å². The van der Waals surface area contributed by atoms with Crippen molar-refractivity contribution < 1.29 is 38.8 Å². The highest BCUT2D eigenvalue weighted by molar-refractivity contribution is 7.72. The Morgan fingerprint density at radius 1 is 1.02 bits per heavy atom. The van der Waals surface area contributed by atoms with Crippen molar-refractivity contribution in [3.63, 3.8) is 0 Å². The zero-order chi connectivity index (χ0) is 29.0. The SMILES string of the molecule is Cc1ccc(C)c2cc(Nc3nc(Cl)nc4c3ncn4C3OC(CCP(=O)(O)CP(=O)(O)O)C(O)C3O)ccc12. The van der Waals surface area contributed by atoms with Gasteiger partial charge in [0.1, 0.15) is 18.1 Å². The number of halogens is 1. The zero-order valence-electron chi connectivity index (χ0n) is 21.4. The second-order valence-corrected chi connectivity index (χ2v) is 14.9. The highest BCUT2D eigenvalue weighted by atomic mass is 35.5. The summed E-state index contributed by atoms with van der Waals surface area (Å²) in [5.41, 5.74) is 3.53. The largest absolute Gasteiger partial charge is 0.388 e. The van der Waals surface area contributed by atoms with Gasteiger partial charge in [-0.15, -0.1) is 0 Å². The average molecular weight is 612 g/mol. The third-order valence-corrected chi connectivity index (χ3v) is 11.3. The molecule has 5 unspecified atom stereocenters. The van der Waals surface area contributed by atoms with E-state index in [9.17, 15) is 24.2 Å². The number of aliphatic hydroxyl groups is 2. The first-order valence-corrected chi connectivity index (χ1v) is 16.5. The summed E-state index contributed by atoms with van der Waals surface area (Å²) < 4.78 is 30.5. The Morgan fingerprint density at radius 2 is 1.73 bits per heavy atom. The topological polar surface area (TPSA) is 200 Å². The van der Waals surface area contributed by atoms with Gasteiger partial charge in [-0.05, 0) is 65.9 Å². The Morgan fingerprint density at radius 3 is 2.42 bits per heavy atom. The van der Waals surface area contributed by atoms with Gasteiger partial charge in [-0.1, -0.05) is 18.2 Å². The molecule has 1 aliphatic heterocycles. The number of aryl methyl sites for hydroxylation is 2. The highest BCUT2D eigenvalue weighted by Gasteiger charge is 2.45. The fourth-order valence-corrected chi connectivity index (χ4v) is 8.60. The second kappa shape index (κ2) is 10.8. The summed E-state index contributed by atoms with van der Waals surface area (Å²) in [5.74, 6) is -0.871. The number of nitrogens with zero attached hydrogens (tertiary/aromatic N) is 4. The van der Waals surface area contributed by atoms with E-state index in [1.807, 2.05) is 32.0 Å². The van der Waals surface area contributed by atoms with E-state index in [4.69, 9.17) is 26.1 Å². The summed E-state index contributed by atoms with van der Waals surface area (Å²) in [6.45, 7) is 4.07. The molecule has 40 heavy (non-hydrogen) atoms. The summed E-state index contributed by atoms with van der Waals surface area (Å²) in [4.78, 5) is 40.9. The summed E-state index contributed by atoms with van der Waals surface area (Å²) in [5, 5.41) is 26.6. The Labute approximate surface area is 233 Å². The van der Waals surface area contributed by atoms with Crippen LogP contribution in [0.1, 0.15) is 23.8 Å². The molecule has 1 saturated heterocycles. The number of ether oxygens (including phenoxy) is 1. The Kier molecular flexibility index (Phi) is 7.82. The Hall–Kier alpha value is -2.44. The van der Waals surface area contributed by atoms with Crippen LogP contribution in [0.3, 0.4) is 0 Å². The van der Waals surface area contributed by atoms with Crippen LogP contribution in [0, 0.1) is 13.8 Å². The molecule has 6 N–H and O–H groups in total. The third kappa shape index (κ3) is 5.94. The minimum absolute atomic E-state index is 0.104. The number of hydrogen-bond donors (Lipinski definition) is 6. The molecule has 1 aliphatic rings. The molecule has 5 rings (SSSR count). The molecule has 13 nitrogen and oxygen atoms in total. The lowest BCUT2D eigenvalue weighted by Gasteiger charge is -2.18. The predicted molar refractivity (Wildman–Crippen MR) is 149 cm³/mol. The first-order chi connectivity index (χ1) is 18.7. The van der Waals surface area contributed by atoms with E-state index in [0.717, 1.165) is 27.6 Å². The first-order valence-electron chi connectivity index (χ1n) is 12.3. The zero-order valence-corrected chi connectivity index (χ0v) is 24.0. The predicted octanol–water partition coefficient (Wildman–Crippen LogP) is 3.41. The molecule has 2 aromatic heterocycles. The van der Waals surface area contributed by atoms with E-state index < -0.39 is 51.6 Å². The molecule has 0 radical (unpaired) electrons. The number of aromatic nitrogens is 4. The van der Waals surface area contributed by atoms with Gasteiger partial charge in [0.05, 0.1) is 12.4 Å². The van der Waals surface area contributed by atoms with Crippen molar-refractivity contribution in [2.45, 2.75) is 44.8 Å². The van der Waals surface area contributed by atoms with Crippen LogP contribution in [0.15, 0.2) is 36.7 Å². The maximum atomic E-state index is 12.2. The van der Waals surface area contributed by atoms with Gasteiger partial charge in [0, 0.05) is 11.8 Å². The van der Waals surface area contributed by atoms with E-state index in [1.54, 1.807) is 0 Å². The fraction of sp³-hybridized carbons (Fsp3) is 0.375. The van der Waals surface area contributed by atoms with Gasteiger partial charge in [0.15, 0.2) is 23.2 Å². The van der Waals surface area contributed by atoms with E-state index >= 15 is 0 Å². The van der Waals surface area contributed by atoms with Gasteiger partial charge >= 0.3 is 7.60 Å². The van der Waals surface area contributed by atoms with Gasteiger partial charge in [-0.2, -0.15) is 9.97 Å². The van der Waals surface area contributed by atoms with Crippen molar-refractivity contribution in [3.8, 4) is 0 Å².